The van der Waals surface area contributed by atoms with E-state index in [9.17, 15) is 23.7 Å². The lowest BCUT2D eigenvalue weighted by molar-refractivity contribution is -0.202. The van der Waals surface area contributed by atoms with Crippen molar-refractivity contribution in [1.29, 1.82) is 0 Å². The predicted molar refractivity (Wildman–Crippen MR) is 122 cm³/mol. The number of fused-ring (bicyclic) bond motifs is 1. The van der Waals surface area contributed by atoms with E-state index in [1.54, 1.807) is 0 Å². The minimum absolute atomic E-state index is 0.503. The van der Waals surface area contributed by atoms with Crippen LogP contribution in [0.3, 0.4) is 0 Å². The molecule has 5 atom stereocenters. The second kappa shape index (κ2) is 8.67. The van der Waals surface area contributed by atoms with Crippen LogP contribution >= 0.6 is 0 Å². The molecule has 1 aliphatic carbocycles. The summed E-state index contributed by atoms with van der Waals surface area (Å²) in [5, 5.41) is 31.1. The Morgan fingerprint density at radius 1 is 1.00 bits per heavy atom. The van der Waals surface area contributed by atoms with E-state index < -0.39 is 39.7 Å². The van der Waals surface area contributed by atoms with E-state index >= 15 is 0 Å². The lowest BCUT2D eigenvalue weighted by Crippen LogP contribution is -2.56. The molecular weight excluding hydrogens is 444 g/mol. The van der Waals surface area contributed by atoms with Crippen molar-refractivity contribution in [3.8, 4) is 5.75 Å². The van der Waals surface area contributed by atoms with Gasteiger partial charge in [0, 0.05) is 6.26 Å². The van der Waals surface area contributed by atoms with Gasteiger partial charge < -0.3 is 24.8 Å². The third kappa shape index (κ3) is 4.55. The normalized spacial score (nSPS) is 29.9. The molecule has 1 saturated carbocycles. The molecule has 33 heavy (non-hydrogen) atoms. The third-order valence-electron chi connectivity index (χ3n) is 6.87. The summed E-state index contributed by atoms with van der Waals surface area (Å²) in [4.78, 5) is 0. The van der Waals surface area contributed by atoms with E-state index in [1.807, 2.05) is 24.3 Å². The van der Waals surface area contributed by atoms with Gasteiger partial charge in [-0.15, -0.1) is 0 Å². The largest absolute Gasteiger partial charge is 0.493 e. The average Bonchev–Trinajstić information content (AvgIpc) is 3.62. The molecular formula is C25H30O7S. The van der Waals surface area contributed by atoms with Gasteiger partial charge >= 0.3 is 0 Å². The van der Waals surface area contributed by atoms with Crippen LogP contribution < -0.4 is 4.74 Å². The van der Waals surface area contributed by atoms with Crippen LogP contribution in [0.1, 0.15) is 59.1 Å². The van der Waals surface area contributed by atoms with Crippen LogP contribution in [0, 0.1) is 0 Å². The fraction of sp³-hybridized carbons (Fsp3) is 0.520. The molecule has 8 heteroatoms. The zero-order valence-electron chi connectivity index (χ0n) is 18.6. The molecule has 3 N–H and O–H groups in total. The number of benzene rings is 2. The summed E-state index contributed by atoms with van der Waals surface area (Å²) in [6.45, 7) is 0.749. The van der Waals surface area contributed by atoms with Crippen molar-refractivity contribution in [3.05, 3.63) is 64.2 Å². The molecule has 7 nitrogen and oxygen atoms in total. The number of rotatable bonds is 5. The van der Waals surface area contributed by atoms with Gasteiger partial charge in [0.25, 0.3) is 0 Å². The monoisotopic (exact) mass is 474 g/mol. The Kier molecular flexibility index (Phi) is 5.99. The highest BCUT2D eigenvalue weighted by atomic mass is 32.2. The predicted octanol–water partition coefficient (Wildman–Crippen LogP) is 2.00. The first-order chi connectivity index (χ1) is 15.7. The molecule has 0 spiro atoms. The lowest BCUT2D eigenvalue weighted by atomic mass is 9.89. The molecule has 0 radical (unpaired) electrons. The molecule has 0 amide bonds. The van der Waals surface area contributed by atoms with Gasteiger partial charge in [-0.25, -0.2) is 8.42 Å². The minimum atomic E-state index is -3.81. The molecule has 0 bridgehead atoms. The fourth-order valence-corrected chi connectivity index (χ4v) is 5.96. The van der Waals surface area contributed by atoms with Gasteiger partial charge in [-0.3, -0.25) is 0 Å². The first kappa shape index (κ1) is 22.8. The van der Waals surface area contributed by atoms with Gasteiger partial charge in [-0.05, 0) is 71.9 Å². The molecule has 2 fully saturated rings. The Bertz CT molecular complexity index is 1140. The van der Waals surface area contributed by atoms with Crippen molar-refractivity contribution in [2.45, 2.75) is 67.9 Å². The van der Waals surface area contributed by atoms with E-state index in [0.717, 1.165) is 55.4 Å². The van der Waals surface area contributed by atoms with Crippen LogP contribution in [0.2, 0.25) is 0 Å². The van der Waals surface area contributed by atoms with Crippen molar-refractivity contribution in [2.24, 2.45) is 0 Å². The molecule has 3 aliphatic rings. The highest BCUT2D eigenvalue weighted by Crippen LogP contribution is 2.44. The second-order valence-corrected chi connectivity index (χ2v) is 11.7. The number of aryl methyl sites for hydroxylation is 1. The summed E-state index contributed by atoms with van der Waals surface area (Å²) in [5.41, 5.74) is 3.70. The van der Waals surface area contributed by atoms with Gasteiger partial charge in [0.15, 0.2) is 15.3 Å². The minimum Gasteiger partial charge on any atom is -0.493 e. The van der Waals surface area contributed by atoms with Crippen LogP contribution in [0.25, 0.3) is 0 Å². The van der Waals surface area contributed by atoms with Crippen molar-refractivity contribution in [1.82, 2.24) is 0 Å². The first-order valence-corrected chi connectivity index (χ1v) is 13.4. The molecule has 2 heterocycles. The van der Waals surface area contributed by atoms with Crippen molar-refractivity contribution in [3.63, 3.8) is 0 Å². The van der Waals surface area contributed by atoms with Crippen LogP contribution in [-0.4, -0.2) is 60.3 Å². The SMILES string of the molecule is CS(=O)(=O)[C@H]1O[C@@H](c2ccc(C3CC3)c(Cc3ccc4c(c3)CCCO4)c2)[C@H](O)[C@@H](O)[C@@H]1O. The Hall–Kier alpha value is -1.97. The fourth-order valence-electron chi connectivity index (χ4n) is 4.97. The lowest BCUT2D eigenvalue weighted by Gasteiger charge is -2.40. The molecule has 2 aliphatic heterocycles. The summed E-state index contributed by atoms with van der Waals surface area (Å²) in [6, 6.07) is 12.1. The number of ether oxygens (including phenoxy) is 2. The average molecular weight is 475 g/mol. The van der Waals surface area contributed by atoms with Crippen LogP contribution in [0.15, 0.2) is 36.4 Å². The van der Waals surface area contributed by atoms with Gasteiger partial charge in [0.2, 0.25) is 0 Å². The van der Waals surface area contributed by atoms with Gasteiger partial charge in [-0.2, -0.15) is 0 Å². The number of aliphatic hydroxyl groups is 3. The number of sulfone groups is 1. The van der Waals surface area contributed by atoms with Gasteiger partial charge in [-0.1, -0.05) is 30.3 Å². The van der Waals surface area contributed by atoms with Crippen molar-refractivity contribution >= 4 is 9.84 Å². The smallest absolute Gasteiger partial charge is 0.187 e. The molecule has 5 rings (SSSR count). The molecule has 0 aromatic heterocycles. The topological polar surface area (TPSA) is 113 Å². The van der Waals surface area contributed by atoms with E-state index in [0.29, 0.717) is 17.9 Å². The van der Waals surface area contributed by atoms with E-state index in [2.05, 4.69) is 12.1 Å². The Balaban J connectivity index is 1.48. The summed E-state index contributed by atoms with van der Waals surface area (Å²) in [6.07, 6.45) is 0.0533. The Labute approximate surface area is 193 Å². The summed E-state index contributed by atoms with van der Waals surface area (Å²) in [5.74, 6) is 1.45. The zero-order valence-corrected chi connectivity index (χ0v) is 19.4. The maximum Gasteiger partial charge on any atom is 0.187 e. The number of aliphatic hydroxyl groups excluding tert-OH is 3. The van der Waals surface area contributed by atoms with Gasteiger partial charge in [0.05, 0.1) is 6.61 Å². The van der Waals surface area contributed by atoms with E-state index in [4.69, 9.17) is 9.47 Å². The molecule has 1 saturated heterocycles. The van der Waals surface area contributed by atoms with Crippen LogP contribution in [0.5, 0.6) is 5.75 Å². The highest BCUT2D eigenvalue weighted by molar-refractivity contribution is 7.91. The summed E-state index contributed by atoms with van der Waals surface area (Å²) >= 11 is 0. The Morgan fingerprint density at radius 3 is 2.52 bits per heavy atom. The first-order valence-electron chi connectivity index (χ1n) is 11.5. The standard InChI is InChI=1S/C25H30O7S/c1-33(29,30)25-23(28)21(26)22(27)24(32-25)17-7-8-19(15-5-6-15)18(13-17)12-14-4-9-20-16(11-14)3-2-10-31-20/h4,7-9,11,13,15,21-28H,2-3,5-6,10,12H2,1H3/t21-,22-,23+,24+,25-/m1/s1. The molecule has 0 unspecified atom stereocenters. The second-order valence-electron chi connectivity index (χ2n) is 9.53. The third-order valence-corrected chi connectivity index (χ3v) is 8.11. The van der Waals surface area contributed by atoms with Crippen molar-refractivity contribution in [2.75, 3.05) is 12.9 Å². The highest BCUT2D eigenvalue weighted by Gasteiger charge is 2.48. The maximum atomic E-state index is 12.1. The zero-order chi connectivity index (χ0) is 23.3. The van der Waals surface area contributed by atoms with E-state index in [1.165, 1.54) is 11.1 Å². The van der Waals surface area contributed by atoms with Gasteiger partial charge in [0.1, 0.15) is 30.2 Å². The Morgan fingerprint density at radius 2 is 1.79 bits per heavy atom. The number of hydrogen-bond acceptors (Lipinski definition) is 7. The van der Waals surface area contributed by atoms with E-state index in [-0.39, 0.29) is 0 Å². The van der Waals surface area contributed by atoms with Crippen LogP contribution in [-0.2, 0) is 27.4 Å². The summed E-state index contributed by atoms with van der Waals surface area (Å²) in [7, 11) is -3.81. The van der Waals surface area contributed by atoms with Crippen molar-refractivity contribution < 1.29 is 33.2 Å². The quantitative estimate of drug-likeness (QED) is 0.608. The molecule has 2 aromatic rings. The summed E-state index contributed by atoms with van der Waals surface area (Å²) < 4.78 is 35.6. The molecule has 2 aromatic carbocycles. The maximum absolute atomic E-state index is 12.1. The molecule has 178 valence electrons. The number of hydrogen-bond donors (Lipinski definition) is 3. The van der Waals surface area contributed by atoms with Crippen LogP contribution in [0.4, 0.5) is 0 Å².